The molecule has 15 heavy (non-hydrogen) atoms. The number of aryl methyl sites for hydroxylation is 2. The summed E-state index contributed by atoms with van der Waals surface area (Å²) in [6.45, 7) is 3.67. The maximum absolute atomic E-state index is 11.2. The van der Waals surface area contributed by atoms with Crippen molar-refractivity contribution in [2.75, 3.05) is 0 Å². The SMILES string of the molecule is CCc1nn(C)c2cc(C(C)=O)ccc12. The highest BCUT2D eigenvalue weighted by Crippen LogP contribution is 2.20. The Bertz CT molecular complexity index is 526. The number of ketones is 1. The summed E-state index contributed by atoms with van der Waals surface area (Å²) in [7, 11) is 1.91. The second-order valence-corrected chi connectivity index (χ2v) is 3.71. The molecule has 3 heteroatoms. The van der Waals surface area contributed by atoms with E-state index in [0.717, 1.165) is 28.6 Å². The standard InChI is InChI=1S/C12H14N2O/c1-4-11-10-6-5-9(8(2)15)7-12(10)14(3)13-11/h5-7H,4H2,1-3H3. The summed E-state index contributed by atoms with van der Waals surface area (Å²) < 4.78 is 1.83. The van der Waals surface area contributed by atoms with Crippen LogP contribution in [0.2, 0.25) is 0 Å². The third-order valence-corrected chi connectivity index (χ3v) is 2.67. The highest BCUT2D eigenvalue weighted by atomic mass is 16.1. The van der Waals surface area contributed by atoms with E-state index in [4.69, 9.17) is 0 Å². The van der Waals surface area contributed by atoms with Crippen molar-refractivity contribution >= 4 is 16.7 Å². The normalized spacial score (nSPS) is 10.9. The van der Waals surface area contributed by atoms with Crippen molar-refractivity contribution in [2.45, 2.75) is 20.3 Å². The van der Waals surface area contributed by atoms with E-state index >= 15 is 0 Å². The first-order valence-corrected chi connectivity index (χ1v) is 5.10. The molecule has 0 radical (unpaired) electrons. The quantitative estimate of drug-likeness (QED) is 0.700. The summed E-state index contributed by atoms with van der Waals surface area (Å²) >= 11 is 0. The maximum atomic E-state index is 11.2. The van der Waals surface area contributed by atoms with E-state index < -0.39 is 0 Å². The average molecular weight is 202 g/mol. The lowest BCUT2D eigenvalue weighted by Gasteiger charge is -1.97. The Morgan fingerprint density at radius 1 is 1.47 bits per heavy atom. The van der Waals surface area contributed by atoms with Gasteiger partial charge in [0.1, 0.15) is 0 Å². The van der Waals surface area contributed by atoms with Gasteiger partial charge in [-0.15, -0.1) is 0 Å². The summed E-state index contributed by atoms with van der Waals surface area (Å²) in [6.07, 6.45) is 0.913. The number of hydrogen-bond acceptors (Lipinski definition) is 2. The molecule has 0 bridgehead atoms. The molecule has 1 heterocycles. The van der Waals surface area contributed by atoms with Crippen LogP contribution in [0.3, 0.4) is 0 Å². The smallest absolute Gasteiger partial charge is 0.159 e. The number of hydrogen-bond donors (Lipinski definition) is 0. The molecule has 0 spiro atoms. The average Bonchev–Trinajstić information content (AvgIpc) is 2.55. The molecule has 0 N–H and O–H groups in total. The van der Waals surface area contributed by atoms with Crippen molar-refractivity contribution in [2.24, 2.45) is 7.05 Å². The van der Waals surface area contributed by atoms with Gasteiger partial charge < -0.3 is 0 Å². The predicted molar refractivity (Wildman–Crippen MR) is 60.1 cm³/mol. The van der Waals surface area contributed by atoms with Gasteiger partial charge >= 0.3 is 0 Å². The van der Waals surface area contributed by atoms with Gasteiger partial charge in [0, 0.05) is 18.0 Å². The lowest BCUT2D eigenvalue weighted by Crippen LogP contribution is -1.94. The number of benzene rings is 1. The number of rotatable bonds is 2. The van der Waals surface area contributed by atoms with Crippen LogP contribution in [-0.4, -0.2) is 15.6 Å². The summed E-state index contributed by atoms with van der Waals surface area (Å²) in [5, 5.41) is 5.56. The first kappa shape index (κ1) is 9.90. The topological polar surface area (TPSA) is 34.9 Å². The van der Waals surface area contributed by atoms with Crippen LogP contribution in [0.4, 0.5) is 0 Å². The van der Waals surface area contributed by atoms with Crippen molar-refractivity contribution in [1.29, 1.82) is 0 Å². The first-order chi connectivity index (χ1) is 7.13. The number of nitrogens with zero attached hydrogens (tertiary/aromatic N) is 2. The second-order valence-electron chi connectivity index (χ2n) is 3.71. The van der Waals surface area contributed by atoms with Gasteiger partial charge in [0.05, 0.1) is 11.2 Å². The van der Waals surface area contributed by atoms with Crippen LogP contribution in [0, 0.1) is 0 Å². The van der Waals surface area contributed by atoms with Gasteiger partial charge in [-0.3, -0.25) is 9.48 Å². The van der Waals surface area contributed by atoms with Gasteiger partial charge in [0.25, 0.3) is 0 Å². The number of carbonyl (C=O) groups is 1. The van der Waals surface area contributed by atoms with Crippen LogP contribution in [0.5, 0.6) is 0 Å². The van der Waals surface area contributed by atoms with Crippen LogP contribution in [0.1, 0.15) is 29.9 Å². The van der Waals surface area contributed by atoms with Crippen LogP contribution in [0.25, 0.3) is 10.9 Å². The lowest BCUT2D eigenvalue weighted by atomic mass is 10.1. The Morgan fingerprint density at radius 3 is 2.80 bits per heavy atom. The molecule has 0 amide bonds. The van der Waals surface area contributed by atoms with Gasteiger partial charge in [-0.05, 0) is 19.4 Å². The maximum Gasteiger partial charge on any atom is 0.159 e. The van der Waals surface area contributed by atoms with E-state index in [-0.39, 0.29) is 5.78 Å². The number of carbonyl (C=O) groups excluding carboxylic acids is 1. The van der Waals surface area contributed by atoms with Crippen molar-refractivity contribution in [1.82, 2.24) is 9.78 Å². The van der Waals surface area contributed by atoms with Crippen LogP contribution >= 0.6 is 0 Å². The van der Waals surface area contributed by atoms with Gasteiger partial charge in [0.15, 0.2) is 5.78 Å². The summed E-state index contributed by atoms with van der Waals surface area (Å²) in [5.74, 6) is 0.0937. The molecule has 0 aliphatic carbocycles. The largest absolute Gasteiger partial charge is 0.295 e. The minimum atomic E-state index is 0.0937. The fourth-order valence-corrected chi connectivity index (χ4v) is 1.81. The Morgan fingerprint density at radius 2 is 2.20 bits per heavy atom. The molecule has 0 aliphatic heterocycles. The summed E-state index contributed by atoms with van der Waals surface area (Å²) in [4.78, 5) is 11.2. The van der Waals surface area contributed by atoms with E-state index in [2.05, 4.69) is 12.0 Å². The van der Waals surface area contributed by atoms with Crippen LogP contribution in [0.15, 0.2) is 18.2 Å². The molecular weight excluding hydrogens is 188 g/mol. The molecule has 1 aromatic heterocycles. The van der Waals surface area contributed by atoms with Gasteiger partial charge in [-0.2, -0.15) is 5.10 Å². The minimum Gasteiger partial charge on any atom is -0.295 e. The monoisotopic (exact) mass is 202 g/mol. The lowest BCUT2D eigenvalue weighted by molar-refractivity contribution is 0.101. The van der Waals surface area contributed by atoms with Crippen molar-refractivity contribution < 1.29 is 4.79 Å². The van der Waals surface area contributed by atoms with Crippen molar-refractivity contribution in [3.63, 3.8) is 0 Å². The molecule has 78 valence electrons. The van der Waals surface area contributed by atoms with Crippen LogP contribution < -0.4 is 0 Å². The molecule has 0 saturated heterocycles. The molecule has 0 aliphatic rings. The molecule has 3 nitrogen and oxygen atoms in total. The number of aromatic nitrogens is 2. The summed E-state index contributed by atoms with van der Waals surface area (Å²) in [6, 6.07) is 5.76. The first-order valence-electron chi connectivity index (χ1n) is 5.10. The Labute approximate surface area is 88.7 Å². The number of fused-ring (bicyclic) bond motifs is 1. The molecule has 0 fully saturated rings. The Balaban J connectivity index is 2.72. The molecule has 0 unspecified atom stereocenters. The van der Waals surface area contributed by atoms with E-state index in [1.54, 1.807) is 6.92 Å². The Hall–Kier alpha value is -1.64. The fraction of sp³-hybridized carbons (Fsp3) is 0.333. The second kappa shape index (κ2) is 3.50. The zero-order valence-corrected chi connectivity index (χ0v) is 9.24. The molecule has 1 aromatic carbocycles. The van der Waals surface area contributed by atoms with Crippen LogP contribution in [-0.2, 0) is 13.5 Å². The van der Waals surface area contributed by atoms with Gasteiger partial charge in [-0.25, -0.2) is 0 Å². The van der Waals surface area contributed by atoms with E-state index in [1.807, 2.05) is 29.9 Å². The molecule has 2 aromatic rings. The molecule has 0 atom stereocenters. The van der Waals surface area contributed by atoms with E-state index in [1.165, 1.54) is 0 Å². The van der Waals surface area contributed by atoms with Gasteiger partial charge in [-0.1, -0.05) is 19.1 Å². The third-order valence-electron chi connectivity index (χ3n) is 2.67. The molecule has 2 rings (SSSR count). The van der Waals surface area contributed by atoms with E-state index in [9.17, 15) is 4.79 Å². The zero-order chi connectivity index (χ0) is 11.0. The summed E-state index contributed by atoms with van der Waals surface area (Å²) in [5.41, 5.74) is 2.86. The van der Waals surface area contributed by atoms with E-state index in [0.29, 0.717) is 0 Å². The van der Waals surface area contributed by atoms with Gasteiger partial charge in [0.2, 0.25) is 0 Å². The highest BCUT2D eigenvalue weighted by Gasteiger charge is 2.08. The van der Waals surface area contributed by atoms with Crippen molar-refractivity contribution in [3.8, 4) is 0 Å². The zero-order valence-electron chi connectivity index (χ0n) is 9.24. The third kappa shape index (κ3) is 1.54. The highest BCUT2D eigenvalue weighted by molar-refractivity contribution is 5.98. The molecule has 0 saturated carbocycles. The molecular formula is C12H14N2O. The van der Waals surface area contributed by atoms with Crippen molar-refractivity contribution in [3.05, 3.63) is 29.5 Å². The fourth-order valence-electron chi connectivity index (χ4n) is 1.81. The minimum absolute atomic E-state index is 0.0937. The Kier molecular flexibility index (Phi) is 2.31. The number of Topliss-reactive ketones (excluding diaryl/α,β-unsaturated/α-hetero) is 1. The predicted octanol–water partition coefficient (Wildman–Crippen LogP) is 2.34.